The quantitative estimate of drug-likeness (QED) is 0.804. The molecule has 0 aromatic heterocycles. The van der Waals surface area contributed by atoms with Crippen LogP contribution in [0.25, 0.3) is 0 Å². The second kappa shape index (κ2) is 8.23. The number of carbonyl (C=O) groups excluding carboxylic acids is 1. The van der Waals surface area contributed by atoms with E-state index in [0.717, 1.165) is 12.1 Å². The Kier molecular flexibility index (Phi) is 6.05. The minimum atomic E-state index is -1.19. The van der Waals surface area contributed by atoms with Crippen LogP contribution in [-0.4, -0.2) is 30.1 Å². The number of carboxylic acid groups (broad SMARTS) is 1. The van der Waals surface area contributed by atoms with Gasteiger partial charge < -0.3 is 15.2 Å². The highest BCUT2D eigenvalue weighted by atomic mass is 19.2. The molecule has 0 saturated carbocycles. The van der Waals surface area contributed by atoms with E-state index in [9.17, 15) is 23.5 Å². The summed E-state index contributed by atoms with van der Waals surface area (Å²) in [4.78, 5) is 23.4. The minimum Gasteiger partial charge on any atom is -0.497 e. The molecule has 0 aliphatic heterocycles. The standard InChI is InChI=1S/C18H17F2NO4/c1-25-13-4-2-3-11(7-13)9-16(18(23)24)21-17(22)10-12-5-6-14(19)15(20)8-12/h2-8,16H,9-10H2,1H3,(H,21,22)(H,23,24)/t16-/m1/s1. The van der Waals surface area contributed by atoms with Crippen LogP contribution in [0.5, 0.6) is 5.75 Å². The molecular formula is C18H17F2NO4. The summed E-state index contributed by atoms with van der Waals surface area (Å²) in [6, 6.07) is 8.80. The Morgan fingerprint density at radius 3 is 2.52 bits per heavy atom. The van der Waals surface area contributed by atoms with Crippen LogP contribution in [0.3, 0.4) is 0 Å². The molecule has 0 radical (unpaired) electrons. The largest absolute Gasteiger partial charge is 0.497 e. The Hall–Kier alpha value is -2.96. The Labute approximate surface area is 143 Å². The molecule has 0 aliphatic rings. The lowest BCUT2D eigenvalue weighted by Crippen LogP contribution is -2.43. The van der Waals surface area contributed by atoms with Crippen molar-refractivity contribution in [2.24, 2.45) is 0 Å². The van der Waals surface area contributed by atoms with Gasteiger partial charge in [-0.05, 0) is 35.4 Å². The number of halogens is 2. The molecule has 0 heterocycles. The third-order valence-corrected chi connectivity index (χ3v) is 3.56. The van der Waals surface area contributed by atoms with E-state index >= 15 is 0 Å². The fourth-order valence-electron chi connectivity index (χ4n) is 2.32. The normalized spacial score (nSPS) is 11.6. The van der Waals surface area contributed by atoms with Gasteiger partial charge in [-0.1, -0.05) is 18.2 Å². The number of hydrogen-bond donors (Lipinski definition) is 2. The highest BCUT2D eigenvalue weighted by molar-refractivity contribution is 5.85. The van der Waals surface area contributed by atoms with Crippen molar-refractivity contribution < 1.29 is 28.2 Å². The van der Waals surface area contributed by atoms with Crippen LogP contribution in [0.15, 0.2) is 42.5 Å². The Bertz CT molecular complexity index is 779. The van der Waals surface area contributed by atoms with Gasteiger partial charge in [0, 0.05) is 6.42 Å². The molecule has 1 amide bonds. The van der Waals surface area contributed by atoms with Gasteiger partial charge in [0.15, 0.2) is 11.6 Å². The molecule has 0 saturated heterocycles. The van der Waals surface area contributed by atoms with Gasteiger partial charge in [-0.15, -0.1) is 0 Å². The van der Waals surface area contributed by atoms with E-state index in [1.54, 1.807) is 24.3 Å². The first kappa shape index (κ1) is 18.4. The summed E-state index contributed by atoms with van der Waals surface area (Å²) in [5, 5.41) is 11.7. The summed E-state index contributed by atoms with van der Waals surface area (Å²) in [6.07, 6.45) is -0.185. The number of aliphatic carboxylic acids is 1. The smallest absolute Gasteiger partial charge is 0.326 e. The summed E-state index contributed by atoms with van der Waals surface area (Å²) in [6.45, 7) is 0. The van der Waals surface area contributed by atoms with Crippen molar-refractivity contribution in [3.05, 3.63) is 65.2 Å². The number of carbonyl (C=O) groups is 2. The molecule has 1 atom stereocenters. The van der Waals surface area contributed by atoms with Crippen LogP contribution < -0.4 is 10.1 Å². The lowest BCUT2D eigenvalue weighted by molar-refractivity contribution is -0.141. The first-order chi connectivity index (χ1) is 11.9. The molecule has 7 heteroatoms. The highest BCUT2D eigenvalue weighted by Gasteiger charge is 2.21. The van der Waals surface area contributed by atoms with Gasteiger partial charge in [0.2, 0.25) is 5.91 Å². The number of amides is 1. The van der Waals surface area contributed by atoms with E-state index < -0.39 is 29.6 Å². The van der Waals surface area contributed by atoms with Gasteiger partial charge in [-0.2, -0.15) is 0 Å². The minimum absolute atomic E-state index is 0.0655. The molecule has 0 bridgehead atoms. The number of carboxylic acids is 1. The predicted molar refractivity (Wildman–Crippen MR) is 86.3 cm³/mol. The SMILES string of the molecule is COc1cccc(C[C@@H](NC(=O)Cc2ccc(F)c(F)c2)C(=O)O)c1. The number of hydrogen-bond acceptors (Lipinski definition) is 3. The fraction of sp³-hybridized carbons (Fsp3) is 0.222. The van der Waals surface area contributed by atoms with Gasteiger partial charge in [0.25, 0.3) is 0 Å². The number of nitrogens with one attached hydrogen (secondary N) is 1. The van der Waals surface area contributed by atoms with E-state index in [2.05, 4.69) is 5.32 Å². The van der Waals surface area contributed by atoms with Crippen LogP contribution in [0.2, 0.25) is 0 Å². The second-order valence-corrected chi connectivity index (χ2v) is 5.44. The lowest BCUT2D eigenvalue weighted by Gasteiger charge is -2.15. The fourth-order valence-corrected chi connectivity index (χ4v) is 2.32. The van der Waals surface area contributed by atoms with Crippen molar-refractivity contribution in [1.29, 1.82) is 0 Å². The molecule has 2 rings (SSSR count). The number of ether oxygens (including phenoxy) is 1. The molecular weight excluding hydrogens is 332 g/mol. The summed E-state index contributed by atoms with van der Waals surface area (Å²) >= 11 is 0. The number of benzene rings is 2. The Morgan fingerprint density at radius 2 is 1.88 bits per heavy atom. The van der Waals surface area contributed by atoms with Gasteiger partial charge in [0.05, 0.1) is 13.5 Å². The van der Waals surface area contributed by atoms with Crippen molar-refractivity contribution in [3.63, 3.8) is 0 Å². The maximum Gasteiger partial charge on any atom is 0.326 e. The molecule has 132 valence electrons. The monoisotopic (exact) mass is 349 g/mol. The first-order valence-corrected chi connectivity index (χ1v) is 7.48. The van der Waals surface area contributed by atoms with Crippen molar-refractivity contribution in [1.82, 2.24) is 5.32 Å². The van der Waals surface area contributed by atoms with E-state index in [-0.39, 0.29) is 18.4 Å². The second-order valence-electron chi connectivity index (χ2n) is 5.44. The van der Waals surface area contributed by atoms with Crippen molar-refractivity contribution in [3.8, 4) is 5.75 Å². The van der Waals surface area contributed by atoms with E-state index in [0.29, 0.717) is 11.3 Å². The van der Waals surface area contributed by atoms with Crippen LogP contribution in [0.1, 0.15) is 11.1 Å². The van der Waals surface area contributed by atoms with Gasteiger partial charge in [-0.25, -0.2) is 13.6 Å². The Balaban J connectivity index is 2.03. The van der Waals surface area contributed by atoms with Crippen molar-refractivity contribution in [2.75, 3.05) is 7.11 Å². The molecule has 2 N–H and O–H groups in total. The summed E-state index contributed by atoms with van der Waals surface area (Å²) in [5.74, 6) is -3.28. The van der Waals surface area contributed by atoms with Crippen molar-refractivity contribution >= 4 is 11.9 Å². The third kappa shape index (κ3) is 5.27. The maximum absolute atomic E-state index is 13.2. The molecule has 2 aromatic carbocycles. The maximum atomic E-state index is 13.2. The number of rotatable bonds is 7. The molecule has 0 fully saturated rings. The summed E-state index contributed by atoms with van der Waals surface area (Å²) in [5.41, 5.74) is 0.932. The van der Waals surface area contributed by atoms with Crippen molar-refractivity contribution in [2.45, 2.75) is 18.9 Å². The average molecular weight is 349 g/mol. The van der Waals surface area contributed by atoms with Crippen LogP contribution in [0, 0.1) is 11.6 Å². The zero-order valence-corrected chi connectivity index (χ0v) is 13.5. The zero-order chi connectivity index (χ0) is 18.4. The zero-order valence-electron chi connectivity index (χ0n) is 13.5. The van der Waals surface area contributed by atoms with E-state index in [4.69, 9.17) is 4.74 Å². The molecule has 2 aromatic rings. The first-order valence-electron chi connectivity index (χ1n) is 7.48. The van der Waals surface area contributed by atoms with E-state index in [1.165, 1.54) is 13.2 Å². The lowest BCUT2D eigenvalue weighted by atomic mass is 10.0. The Morgan fingerprint density at radius 1 is 1.12 bits per heavy atom. The predicted octanol–water partition coefficient (Wildman–Crippen LogP) is 2.33. The molecule has 0 aliphatic carbocycles. The van der Waals surface area contributed by atoms with Gasteiger partial charge >= 0.3 is 5.97 Å². The molecule has 0 unspecified atom stereocenters. The summed E-state index contributed by atoms with van der Waals surface area (Å²) in [7, 11) is 1.50. The third-order valence-electron chi connectivity index (χ3n) is 3.56. The van der Waals surface area contributed by atoms with E-state index in [1.807, 2.05) is 0 Å². The number of methoxy groups -OCH3 is 1. The van der Waals surface area contributed by atoms with Crippen LogP contribution in [0.4, 0.5) is 8.78 Å². The molecule has 0 spiro atoms. The van der Waals surface area contributed by atoms with Gasteiger partial charge in [0.1, 0.15) is 11.8 Å². The van der Waals surface area contributed by atoms with Crippen LogP contribution in [-0.2, 0) is 22.4 Å². The molecule has 25 heavy (non-hydrogen) atoms. The highest BCUT2D eigenvalue weighted by Crippen LogP contribution is 2.14. The van der Waals surface area contributed by atoms with Gasteiger partial charge in [-0.3, -0.25) is 4.79 Å². The van der Waals surface area contributed by atoms with Crippen LogP contribution >= 0.6 is 0 Å². The molecule has 5 nitrogen and oxygen atoms in total. The topological polar surface area (TPSA) is 75.6 Å². The average Bonchev–Trinajstić information content (AvgIpc) is 2.57. The summed E-state index contributed by atoms with van der Waals surface area (Å²) < 4.78 is 31.1.